The lowest BCUT2D eigenvalue weighted by atomic mass is 10.2. The Morgan fingerprint density at radius 3 is 1.04 bits per heavy atom. The monoisotopic (exact) mass is 626 g/mol. The van der Waals surface area contributed by atoms with Crippen molar-refractivity contribution in [3.63, 3.8) is 0 Å². The summed E-state index contributed by atoms with van der Waals surface area (Å²) in [5.41, 5.74) is 0. The van der Waals surface area contributed by atoms with E-state index in [1.54, 1.807) is 0 Å². The van der Waals surface area contributed by atoms with Gasteiger partial charge < -0.3 is 67.6 Å². The number of carbonyl (C=O) groups is 2. The topological polar surface area (TPSA) is 58.2 Å². The first-order chi connectivity index (χ1) is 12.4. The molecule has 0 spiro atoms. The zero-order valence-electron chi connectivity index (χ0n) is 19.0. The molecule has 0 unspecified atom stereocenters. The standard InChI is InChI=1S/C20H42N4O2.2HI/c1-7-23(8-2,9-3)17-15-21-19(25)13-14-20(26)22-16-18-24(10-4,11-5)12-6;;/h7-18H2,1-6H3;2*1H. The molecule has 0 aliphatic carbocycles. The maximum Gasteiger partial charge on any atom is 0.220 e. The van der Waals surface area contributed by atoms with Gasteiger partial charge in [0.15, 0.2) is 0 Å². The minimum Gasteiger partial charge on any atom is -1.00 e. The minimum atomic E-state index is -0.0256. The number of hydrogen-bond donors (Lipinski definition) is 2. The van der Waals surface area contributed by atoms with Gasteiger partial charge in [0.05, 0.1) is 65.4 Å². The van der Waals surface area contributed by atoms with E-state index in [0.717, 1.165) is 61.3 Å². The molecule has 0 bridgehead atoms. The van der Waals surface area contributed by atoms with Crippen LogP contribution >= 0.6 is 0 Å². The zero-order valence-corrected chi connectivity index (χ0v) is 23.3. The summed E-state index contributed by atoms with van der Waals surface area (Å²) in [7, 11) is 0. The smallest absolute Gasteiger partial charge is 0.220 e. The van der Waals surface area contributed by atoms with E-state index in [9.17, 15) is 9.59 Å². The maximum absolute atomic E-state index is 12.0. The first kappa shape index (κ1) is 33.0. The molecule has 0 aliphatic rings. The first-order valence-electron chi connectivity index (χ1n) is 10.6. The predicted molar refractivity (Wildman–Crippen MR) is 109 cm³/mol. The predicted octanol–water partition coefficient (Wildman–Crippen LogP) is -4.24. The molecule has 0 aromatic rings. The second-order valence-electron chi connectivity index (χ2n) is 7.23. The second kappa shape index (κ2) is 18.1. The third kappa shape index (κ3) is 12.1. The fourth-order valence-corrected chi connectivity index (χ4v) is 3.56. The lowest BCUT2D eigenvalue weighted by molar-refractivity contribution is -0.922. The van der Waals surface area contributed by atoms with E-state index in [4.69, 9.17) is 0 Å². The minimum absolute atomic E-state index is 0. The Hall–Kier alpha value is 0.320. The van der Waals surface area contributed by atoms with Gasteiger partial charge in [0.25, 0.3) is 0 Å². The highest BCUT2D eigenvalue weighted by Gasteiger charge is 2.21. The van der Waals surface area contributed by atoms with E-state index in [-0.39, 0.29) is 72.6 Å². The van der Waals surface area contributed by atoms with Gasteiger partial charge in [-0.25, -0.2) is 0 Å². The molecular weight excluding hydrogens is 582 g/mol. The second-order valence-corrected chi connectivity index (χ2v) is 7.23. The highest BCUT2D eigenvalue weighted by atomic mass is 127. The Morgan fingerprint density at radius 2 is 0.821 bits per heavy atom. The third-order valence-electron chi connectivity index (χ3n) is 6.42. The summed E-state index contributed by atoms with van der Waals surface area (Å²) < 4.78 is 2.04. The summed E-state index contributed by atoms with van der Waals surface area (Å²) in [5.74, 6) is -0.0512. The molecule has 0 rings (SSSR count). The van der Waals surface area contributed by atoms with Gasteiger partial charge in [-0.3, -0.25) is 9.59 Å². The molecule has 0 aromatic heterocycles. The summed E-state index contributed by atoms with van der Waals surface area (Å²) >= 11 is 0. The molecule has 0 radical (unpaired) electrons. The van der Waals surface area contributed by atoms with Crippen molar-refractivity contribution in [2.45, 2.75) is 54.4 Å². The number of hydrogen-bond acceptors (Lipinski definition) is 2. The molecule has 170 valence electrons. The summed E-state index contributed by atoms with van der Waals surface area (Å²) in [4.78, 5) is 23.9. The van der Waals surface area contributed by atoms with Crippen LogP contribution in [-0.2, 0) is 9.59 Å². The van der Waals surface area contributed by atoms with Crippen LogP contribution < -0.4 is 58.6 Å². The van der Waals surface area contributed by atoms with Crippen LogP contribution in [0.5, 0.6) is 0 Å². The lowest BCUT2D eigenvalue weighted by Crippen LogP contribution is -3.00. The van der Waals surface area contributed by atoms with Crippen LogP contribution in [0, 0.1) is 0 Å². The number of nitrogens with one attached hydrogen (secondary N) is 2. The van der Waals surface area contributed by atoms with Gasteiger partial charge in [0, 0.05) is 12.8 Å². The summed E-state index contributed by atoms with van der Waals surface area (Å²) in [6.45, 7) is 22.9. The van der Waals surface area contributed by atoms with Gasteiger partial charge >= 0.3 is 0 Å². The van der Waals surface area contributed by atoms with Crippen LogP contribution in [0.4, 0.5) is 0 Å². The number of amides is 2. The van der Waals surface area contributed by atoms with Crippen molar-refractivity contribution in [3.05, 3.63) is 0 Å². The van der Waals surface area contributed by atoms with Gasteiger partial charge in [0.1, 0.15) is 0 Å². The fraction of sp³-hybridized carbons (Fsp3) is 0.900. The Balaban J connectivity index is -0.00000312. The van der Waals surface area contributed by atoms with Crippen molar-refractivity contribution >= 4 is 11.8 Å². The van der Waals surface area contributed by atoms with Crippen molar-refractivity contribution in [2.75, 3.05) is 65.4 Å². The highest BCUT2D eigenvalue weighted by molar-refractivity contribution is 5.83. The average molecular weight is 626 g/mol. The van der Waals surface area contributed by atoms with E-state index in [0.29, 0.717) is 13.1 Å². The summed E-state index contributed by atoms with van der Waals surface area (Å²) in [5, 5.41) is 5.93. The molecule has 28 heavy (non-hydrogen) atoms. The summed E-state index contributed by atoms with van der Waals surface area (Å²) in [6.07, 6.45) is 0.539. The highest BCUT2D eigenvalue weighted by Crippen LogP contribution is 2.05. The Morgan fingerprint density at radius 1 is 0.571 bits per heavy atom. The van der Waals surface area contributed by atoms with Crippen LogP contribution in [0.15, 0.2) is 0 Å². The molecule has 0 saturated carbocycles. The lowest BCUT2D eigenvalue weighted by Gasteiger charge is -2.35. The molecule has 0 aromatic carbocycles. The molecule has 8 heteroatoms. The maximum atomic E-state index is 12.0. The average Bonchev–Trinajstić information content (AvgIpc) is 2.68. The van der Waals surface area contributed by atoms with Gasteiger partial charge in [-0.15, -0.1) is 0 Å². The van der Waals surface area contributed by atoms with Crippen LogP contribution in [0.2, 0.25) is 0 Å². The van der Waals surface area contributed by atoms with Crippen LogP contribution in [0.25, 0.3) is 0 Å². The van der Waals surface area contributed by atoms with Crippen molar-refractivity contribution < 1.29 is 66.5 Å². The number of quaternary nitrogens is 2. The van der Waals surface area contributed by atoms with Crippen LogP contribution in [-0.4, -0.2) is 86.2 Å². The molecule has 0 heterocycles. The summed E-state index contributed by atoms with van der Waals surface area (Å²) in [6, 6.07) is 0. The number of likely N-dealkylation sites (N-methyl/N-ethyl adjacent to an activating group) is 2. The molecule has 0 fully saturated rings. The number of rotatable bonds is 15. The molecule has 0 aliphatic heterocycles. The Labute approximate surface area is 207 Å². The van der Waals surface area contributed by atoms with Crippen molar-refractivity contribution in [1.82, 2.24) is 10.6 Å². The molecule has 2 N–H and O–H groups in total. The molecular formula is C20H44I2N4O2. The van der Waals surface area contributed by atoms with Crippen LogP contribution in [0.3, 0.4) is 0 Å². The molecule has 0 atom stereocenters. The van der Waals surface area contributed by atoms with Gasteiger partial charge in [-0.2, -0.15) is 0 Å². The number of halogens is 2. The van der Waals surface area contributed by atoms with Gasteiger partial charge in [-0.1, -0.05) is 0 Å². The largest absolute Gasteiger partial charge is 1.00 e. The SMILES string of the molecule is CC[N+](CC)(CC)CCNC(=O)CCC(=O)NCC[N+](CC)(CC)CC.[I-].[I-]. The van der Waals surface area contributed by atoms with E-state index in [1.165, 1.54) is 0 Å². The first-order valence-corrected chi connectivity index (χ1v) is 10.6. The van der Waals surface area contributed by atoms with Crippen molar-refractivity contribution in [2.24, 2.45) is 0 Å². The zero-order chi connectivity index (χ0) is 20.1. The molecule has 0 saturated heterocycles. The van der Waals surface area contributed by atoms with Gasteiger partial charge in [0.2, 0.25) is 11.8 Å². The number of carbonyl (C=O) groups excluding carboxylic acids is 2. The van der Waals surface area contributed by atoms with E-state index < -0.39 is 0 Å². The van der Waals surface area contributed by atoms with E-state index in [2.05, 4.69) is 52.2 Å². The fourth-order valence-electron chi connectivity index (χ4n) is 3.56. The third-order valence-corrected chi connectivity index (χ3v) is 6.42. The Kier molecular flexibility index (Phi) is 21.3. The molecule has 2 amide bonds. The number of nitrogens with zero attached hydrogens (tertiary/aromatic N) is 2. The van der Waals surface area contributed by atoms with Crippen molar-refractivity contribution in [3.8, 4) is 0 Å². The Bertz CT molecular complexity index is 360. The van der Waals surface area contributed by atoms with Gasteiger partial charge in [-0.05, 0) is 41.5 Å². The van der Waals surface area contributed by atoms with Crippen molar-refractivity contribution in [1.29, 1.82) is 0 Å². The normalized spacial score (nSPS) is 11.2. The molecule has 6 nitrogen and oxygen atoms in total. The van der Waals surface area contributed by atoms with E-state index in [1.807, 2.05) is 0 Å². The quantitative estimate of drug-likeness (QED) is 0.143. The van der Waals surface area contributed by atoms with Crippen LogP contribution in [0.1, 0.15) is 54.4 Å². The van der Waals surface area contributed by atoms with E-state index >= 15 is 0 Å².